The number of nitrogens with two attached hydrogens (primary N) is 1. The van der Waals surface area contributed by atoms with E-state index in [0.717, 1.165) is 6.42 Å². The van der Waals surface area contributed by atoms with Crippen LogP contribution in [0.1, 0.15) is 70.6 Å². The number of urea groups is 1. The maximum Gasteiger partial charge on any atom is 0.314 e. The third kappa shape index (κ3) is 5.65. The second kappa shape index (κ2) is 10.1. The van der Waals surface area contributed by atoms with Crippen molar-refractivity contribution < 1.29 is 14.4 Å². The minimum atomic E-state index is -0.865. The smallest absolute Gasteiger partial charge is 0.314 e. The summed E-state index contributed by atoms with van der Waals surface area (Å²) < 4.78 is 0. The normalized spacial score (nSPS) is 22.9. The van der Waals surface area contributed by atoms with Crippen molar-refractivity contribution in [3.63, 3.8) is 0 Å². The van der Waals surface area contributed by atoms with Crippen molar-refractivity contribution in [2.75, 3.05) is 26.2 Å². The molecule has 1 saturated carbocycles. The Morgan fingerprint density at radius 3 is 2.17 bits per heavy atom. The number of carbonyl (C=O) groups excluding carboxylic acids is 3. The van der Waals surface area contributed by atoms with Crippen molar-refractivity contribution in [1.82, 2.24) is 15.1 Å². The highest BCUT2D eigenvalue weighted by Crippen LogP contribution is 2.29. The minimum absolute atomic E-state index is 0.0410. The number of amides is 4. The number of nitriles is 1. The SMILES string of the molecule is N#CC1(NC(=O)CCC2CCCCC2)CCN(C(=O)C2CCN(C(N)=O)CC2)CC1. The van der Waals surface area contributed by atoms with Crippen molar-refractivity contribution in [3.8, 4) is 6.07 Å². The molecule has 0 bridgehead atoms. The highest BCUT2D eigenvalue weighted by molar-refractivity contribution is 5.80. The van der Waals surface area contributed by atoms with E-state index in [2.05, 4.69) is 11.4 Å². The summed E-state index contributed by atoms with van der Waals surface area (Å²) in [6, 6.07) is 1.88. The number of nitrogens with one attached hydrogen (secondary N) is 1. The van der Waals surface area contributed by atoms with Gasteiger partial charge in [-0.2, -0.15) is 5.26 Å². The van der Waals surface area contributed by atoms with Crippen LogP contribution in [-0.2, 0) is 9.59 Å². The Bertz CT molecular complexity index is 667. The molecule has 0 aromatic heterocycles. The van der Waals surface area contributed by atoms with Crippen LogP contribution in [0.15, 0.2) is 0 Å². The first-order valence-electron chi connectivity index (χ1n) is 11.5. The van der Waals surface area contributed by atoms with Gasteiger partial charge in [-0.25, -0.2) is 4.79 Å². The van der Waals surface area contributed by atoms with Crippen LogP contribution in [0.4, 0.5) is 4.79 Å². The number of hydrogen-bond acceptors (Lipinski definition) is 4. The van der Waals surface area contributed by atoms with Crippen LogP contribution in [0.3, 0.4) is 0 Å². The molecule has 0 aromatic rings. The van der Waals surface area contributed by atoms with E-state index in [1.54, 1.807) is 4.90 Å². The predicted molar refractivity (Wildman–Crippen MR) is 112 cm³/mol. The van der Waals surface area contributed by atoms with Crippen LogP contribution in [0, 0.1) is 23.2 Å². The van der Waals surface area contributed by atoms with Crippen LogP contribution in [-0.4, -0.2) is 59.4 Å². The molecule has 0 unspecified atom stereocenters. The maximum atomic E-state index is 12.8. The summed E-state index contributed by atoms with van der Waals surface area (Å²) in [7, 11) is 0. The lowest BCUT2D eigenvalue weighted by atomic mass is 9.85. The zero-order valence-electron chi connectivity index (χ0n) is 17.9. The van der Waals surface area contributed by atoms with Gasteiger partial charge in [0.15, 0.2) is 0 Å². The van der Waals surface area contributed by atoms with Gasteiger partial charge in [-0.3, -0.25) is 9.59 Å². The van der Waals surface area contributed by atoms with E-state index < -0.39 is 11.6 Å². The molecule has 0 spiro atoms. The van der Waals surface area contributed by atoms with Crippen molar-refractivity contribution in [1.29, 1.82) is 5.26 Å². The number of likely N-dealkylation sites (tertiary alicyclic amines) is 2. The van der Waals surface area contributed by atoms with Gasteiger partial charge in [0.1, 0.15) is 5.54 Å². The van der Waals surface area contributed by atoms with E-state index in [1.807, 2.05) is 4.90 Å². The van der Waals surface area contributed by atoms with Gasteiger partial charge in [0.2, 0.25) is 11.8 Å². The highest BCUT2D eigenvalue weighted by Gasteiger charge is 2.39. The summed E-state index contributed by atoms with van der Waals surface area (Å²) in [4.78, 5) is 40.0. The number of nitrogens with zero attached hydrogens (tertiary/aromatic N) is 3. The Morgan fingerprint density at radius 1 is 0.967 bits per heavy atom. The summed E-state index contributed by atoms with van der Waals surface area (Å²) in [6.07, 6.45) is 9.82. The number of piperidine rings is 2. The van der Waals surface area contributed by atoms with Crippen molar-refractivity contribution >= 4 is 17.8 Å². The summed E-state index contributed by atoms with van der Waals surface area (Å²) >= 11 is 0. The fraction of sp³-hybridized carbons (Fsp3) is 0.818. The second-order valence-electron chi connectivity index (χ2n) is 9.21. The third-order valence-electron chi connectivity index (χ3n) is 7.18. The fourth-order valence-corrected chi connectivity index (χ4v) is 5.12. The van der Waals surface area contributed by atoms with Crippen LogP contribution in [0.25, 0.3) is 0 Å². The van der Waals surface area contributed by atoms with Gasteiger partial charge >= 0.3 is 6.03 Å². The largest absolute Gasteiger partial charge is 0.351 e. The predicted octanol–water partition coefficient (Wildman–Crippen LogP) is 2.14. The molecule has 30 heavy (non-hydrogen) atoms. The van der Waals surface area contributed by atoms with Gasteiger partial charge < -0.3 is 20.9 Å². The molecule has 0 aromatic carbocycles. The minimum Gasteiger partial charge on any atom is -0.351 e. The molecular formula is C22H35N5O3. The molecule has 1 aliphatic carbocycles. The molecule has 0 radical (unpaired) electrons. The average Bonchev–Trinajstić information content (AvgIpc) is 2.78. The molecule has 3 rings (SSSR count). The topological polar surface area (TPSA) is 120 Å². The Morgan fingerprint density at radius 2 is 1.60 bits per heavy atom. The lowest BCUT2D eigenvalue weighted by Crippen LogP contribution is -2.56. The first-order chi connectivity index (χ1) is 14.4. The van der Waals surface area contributed by atoms with Crippen LogP contribution in [0.2, 0.25) is 0 Å². The monoisotopic (exact) mass is 417 g/mol. The van der Waals surface area contributed by atoms with Gasteiger partial charge in [-0.1, -0.05) is 32.1 Å². The van der Waals surface area contributed by atoms with E-state index in [1.165, 1.54) is 32.1 Å². The molecule has 3 fully saturated rings. The van der Waals surface area contributed by atoms with E-state index in [9.17, 15) is 19.6 Å². The molecule has 166 valence electrons. The summed E-state index contributed by atoms with van der Waals surface area (Å²) in [5, 5.41) is 12.7. The van der Waals surface area contributed by atoms with Crippen LogP contribution in [0.5, 0.6) is 0 Å². The van der Waals surface area contributed by atoms with Crippen LogP contribution < -0.4 is 11.1 Å². The molecule has 3 N–H and O–H groups in total. The molecule has 2 saturated heterocycles. The van der Waals surface area contributed by atoms with E-state index in [0.29, 0.717) is 64.2 Å². The van der Waals surface area contributed by atoms with Gasteiger partial charge in [0.25, 0.3) is 0 Å². The Hall–Kier alpha value is -2.30. The molecular weight excluding hydrogens is 382 g/mol. The Kier molecular flexibility index (Phi) is 7.57. The lowest BCUT2D eigenvalue weighted by Gasteiger charge is -2.40. The standard InChI is InChI=1S/C22H35N5O3/c23-16-22(25-19(28)7-6-17-4-2-1-3-5-17)10-14-26(15-11-22)20(29)18-8-12-27(13-9-18)21(24)30/h17-18H,1-15H2,(H2,24,30)(H,25,28). The summed E-state index contributed by atoms with van der Waals surface area (Å²) in [6.45, 7) is 1.98. The molecule has 2 aliphatic heterocycles. The van der Waals surface area contributed by atoms with Crippen molar-refractivity contribution in [2.45, 2.75) is 76.2 Å². The Labute approximate surface area is 179 Å². The lowest BCUT2D eigenvalue weighted by molar-refractivity contribution is -0.138. The van der Waals surface area contributed by atoms with Gasteiger partial charge in [0.05, 0.1) is 6.07 Å². The fourth-order valence-electron chi connectivity index (χ4n) is 5.12. The summed E-state index contributed by atoms with van der Waals surface area (Å²) in [5.74, 6) is 0.596. The zero-order chi connectivity index (χ0) is 21.6. The highest BCUT2D eigenvalue weighted by atomic mass is 16.2. The number of rotatable bonds is 5. The van der Waals surface area contributed by atoms with E-state index >= 15 is 0 Å². The van der Waals surface area contributed by atoms with Crippen molar-refractivity contribution in [2.24, 2.45) is 17.6 Å². The molecule has 8 heteroatoms. The van der Waals surface area contributed by atoms with Crippen LogP contribution >= 0.6 is 0 Å². The summed E-state index contributed by atoms with van der Waals surface area (Å²) in [5.41, 5.74) is 4.44. The molecule has 0 atom stereocenters. The Balaban J connectivity index is 1.44. The molecule has 3 aliphatic rings. The zero-order valence-corrected chi connectivity index (χ0v) is 17.9. The maximum absolute atomic E-state index is 12.8. The molecule has 2 heterocycles. The number of carbonyl (C=O) groups is 3. The quantitative estimate of drug-likeness (QED) is 0.712. The van der Waals surface area contributed by atoms with E-state index in [-0.39, 0.29) is 17.7 Å². The van der Waals surface area contributed by atoms with Crippen molar-refractivity contribution in [3.05, 3.63) is 0 Å². The second-order valence-corrected chi connectivity index (χ2v) is 9.21. The third-order valence-corrected chi connectivity index (χ3v) is 7.18. The van der Waals surface area contributed by atoms with E-state index in [4.69, 9.17) is 5.73 Å². The van der Waals surface area contributed by atoms with Gasteiger partial charge in [-0.05, 0) is 25.2 Å². The van der Waals surface area contributed by atoms with Gasteiger partial charge in [-0.15, -0.1) is 0 Å². The molecule has 4 amide bonds. The van der Waals surface area contributed by atoms with Gasteiger partial charge in [0, 0.05) is 51.4 Å². The average molecular weight is 418 g/mol. The number of hydrogen-bond donors (Lipinski definition) is 2. The molecule has 8 nitrogen and oxygen atoms in total. The number of primary amides is 1. The first kappa shape index (κ1) is 22.4. The first-order valence-corrected chi connectivity index (χ1v) is 11.5.